The van der Waals surface area contributed by atoms with E-state index in [0.717, 1.165) is 0 Å². The molecule has 106 valence electrons. The van der Waals surface area contributed by atoms with Gasteiger partial charge in [0.25, 0.3) is 0 Å². The molecule has 0 bridgehead atoms. The second-order valence-corrected chi connectivity index (χ2v) is 4.33. The molecule has 4 N–H and O–H groups in total. The molecular formula is C11H22N2O5. The van der Waals surface area contributed by atoms with Crippen LogP contribution in [0.1, 0.15) is 20.3 Å². The van der Waals surface area contributed by atoms with Gasteiger partial charge in [-0.25, -0.2) is 9.59 Å². The average molecular weight is 262 g/mol. The Morgan fingerprint density at radius 3 is 2.28 bits per heavy atom. The summed E-state index contributed by atoms with van der Waals surface area (Å²) in [5, 5.41) is 22.5. The molecule has 7 heteroatoms. The van der Waals surface area contributed by atoms with Gasteiger partial charge in [-0.2, -0.15) is 0 Å². The molecule has 0 aromatic heterocycles. The fourth-order valence-electron chi connectivity index (χ4n) is 1.34. The highest BCUT2D eigenvalue weighted by Crippen LogP contribution is 2.02. The number of nitrogens with one attached hydrogen (secondary N) is 2. The van der Waals surface area contributed by atoms with E-state index in [-0.39, 0.29) is 25.0 Å². The number of hydrogen-bond acceptors (Lipinski definition) is 4. The number of hydrogen-bond donors (Lipinski definition) is 4. The molecule has 0 aliphatic carbocycles. The van der Waals surface area contributed by atoms with Gasteiger partial charge in [0.15, 0.2) is 0 Å². The maximum absolute atomic E-state index is 11.6. The standard InChI is InChI=1S/C11H22N2O5/c1-7(2)9(6-18-3)13-11(17)12-8(4-5-14)10(15)16/h7-9,14H,4-6H2,1-3H3,(H,15,16)(H2,12,13,17)/t8-,9?/m1/s1. The number of amides is 2. The normalized spacial score (nSPS) is 14.1. The van der Waals surface area contributed by atoms with Crippen LogP contribution in [0.2, 0.25) is 0 Å². The number of methoxy groups -OCH3 is 1. The highest BCUT2D eigenvalue weighted by molar-refractivity contribution is 5.82. The van der Waals surface area contributed by atoms with Crippen molar-refractivity contribution in [1.82, 2.24) is 10.6 Å². The van der Waals surface area contributed by atoms with Crippen LogP contribution in [-0.2, 0) is 9.53 Å². The Labute approximate surface area is 107 Å². The van der Waals surface area contributed by atoms with Crippen LogP contribution in [0.15, 0.2) is 0 Å². The molecule has 0 spiro atoms. The molecule has 0 aromatic rings. The molecule has 0 fully saturated rings. The van der Waals surface area contributed by atoms with E-state index in [1.807, 2.05) is 13.8 Å². The van der Waals surface area contributed by atoms with Gasteiger partial charge in [0.2, 0.25) is 0 Å². The zero-order chi connectivity index (χ0) is 14.1. The minimum atomic E-state index is -1.17. The van der Waals surface area contributed by atoms with Crippen molar-refractivity contribution in [2.75, 3.05) is 20.3 Å². The minimum absolute atomic E-state index is 0.0284. The van der Waals surface area contributed by atoms with E-state index in [1.54, 1.807) is 0 Å². The zero-order valence-corrected chi connectivity index (χ0v) is 11.0. The summed E-state index contributed by atoms with van der Waals surface area (Å²) in [4.78, 5) is 22.4. The third kappa shape index (κ3) is 6.41. The number of carboxylic acids is 1. The topological polar surface area (TPSA) is 108 Å². The van der Waals surface area contributed by atoms with Crippen LogP contribution in [0, 0.1) is 5.92 Å². The van der Waals surface area contributed by atoms with Gasteiger partial charge in [-0.15, -0.1) is 0 Å². The van der Waals surface area contributed by atoms with Crippen molar-refractivity contribution in [1.29, 1.82) is 0 Å². The van der Waals surface area contributed by atoms with Gasteiger partial charge in [0.1, 0.15) is 6.04 Å². The summed E-state index contributed by atoms with van der Waals surface area (Å²) in [7, 11) is 1.53. The van der Waals surface area contributed by atoms with Crippen molar-refractivity contribution in [2.24, 2.45) is 5.92 Å². The summed E-state index contributed by atoms with van der Waals surface area (Å²) in [6, 6.07) is -1.87. The maximum Gasteiger partial charge on any atom is 0.326 e. The molecule has 0 radical (unpaired) electrons. The Hall–Kier alpha value is -1.34. The van der Waals surface area contributed by atoms with Gasteiger partial charge in [0, 0.05) is 20.1 Å². The molecule has 0 saturated heterocycles. The number of aliphatic hydroxyl groups excluding tert-OH is 1. The van der Waals surface area contributed by atoms with Crippen LogP contribution in [0.25, 0.3) is 0 Å². The number of carbonyl (C=O) groups excluding carboxylic acids is 1. The third-order valence-electron chi connectivity index (χ3n) is 2.49. The molecule has 0 heterocycles. The molecule has 18 heavy (non-hydrogen) atoms. The molecule has 2 atom stereocenters. The van der Waals surface area contributed by atoms with E-state index in [2.05, 4.69) is 10.6 Å². The second kappa shape index (κ2) is 8.71. The average Bonchev–Trinajstić information content (AvgIpc) is 2.27. The molecule has 2 amide bonds. The largest absolute Gasteiger partial charge is 0.480 e. The van der Waals surface area contributed by atoms with E-state index in [9.17, 15) is 9.59 Å². The Morgan fingerprint density at radius 2 is 1.89 bits per heavy atom. The SMILES string of the molecule is COCC(NC(=O)N[C@H](CCO)C(=O)O)C(C)C. The molecular weight excluding hydrogens is 240 g/mol. The van der Waals surface area contributed by atoms with Gasteiger partial charge in [0.05, 0.1) is 12.6 Å². The van der Waals surface area contributed by atoms with Crippen LogP contribution >= 0.6 is 0 Å². The molecule has 0 saturated carbocycles. The first-order chi connectivity index (χ1) is 8.42. The van der Waals surface area contributed by atoms with Crippen molar-refractivity contribution in [3.8, 4) is 0 Å². The number of carbonyl (C=O) groups is 2. The van der Waals surface area contributed by atoms with E-state index < -0.39 is 18.0 Å². The minimum Gasteiger partial charge on any atom is -0.480 e. The first-order valence-corrected chi connectivity index (χ1v) is 5.82. The fourth-order valence-corrected chi connectivity index (χ4v) is 1.34. The van der Waals surface area contributed by atoms with E-state index in [1.165, 1.54) is 7.11 Å². The number of urea groups is 1. The Kier molecular flexibility index (Phi) is 8.06. The van der Waals surface area contributed by atoms with Crippen LogP contribution < -0.4 is 10.6 Å². The number of rotatable bonds is 8. The number of aliphatic carboxylic acids is 1. The van der Waals surface area contributed by atoms with Gasteiger partial charge in [-0.1, -0.05) is 13.8 Å². The predicted octanol–water partition coefficient (Wildman–Crippen LogP) is -0.208. The number of carboxylic acid groups (broad SMARTS) is 1. The van der Waals surface area contributed by atoms with E-state index >= 15 is 0 Å². The monoisotopic (exact) mass is 262 g/mol. The molecule has 1 unspecified atom stereocenters. The first-order valence-electron chi connectivity index (χ1n) is 5.82. The molecule has 7 nitrogen and oxygen atoms in total. The molecule has 0 aromatic carbocycles. The smallest absolute Gasteiger partial charge is 0.326 e. The zero-order valence-electron chi connectivity index (χ0n) is 11.0. The molecule has 0 aliphatic rings. The summed E-state index contributed by atoms with van der Waals surface area (Å²) in [5.41, 5.74) is 0. The second-order valence-electron chi connectivity index (χ2n) is 4.33. The van der Waals surface area contributed by atoms with E-state index in [4.69, 9.17) is 14.9 Å². The van der Waals surface area contributed by atoms with Crippen LogP contribution in [-0.4, -0.2) is 54.6 Å². The van der Waals surface area contributed by atoms with Gasteiger partial charge < -0.3 is 25.6 Å². The summed E-state index contributed by atoms with van der Waals surface area (Å²) in [5.74, 6) is -1.01. The Bertz CT molecular complexity index is 270. The Balaban J connectivity index is 4.32. The van der Waals surface area contributed by atoms with Gasteiger partial charge in [-0.05, 0) is 5.92 Å². The van der Waals surface area contributed by atoms with Crippen molar-refractivity contribution in [3.63, 3.8) is 0 Å². The van der Waals surface area contributed by atoms with Crippen molar-refractivity contribution in [3.05, 3.63) is 0 Å². The lowest BCUT2D eigenvalue weighted by molar-refractivity contribution is -0.139. The summed E-state index contributed by atoms with van der Waals surface area (Å²) >= 11 is 0. The Morgan fingerprint density at radius 1 is 1.28 bits per heavy atom. The number of aliphatic hydroxyl groups is 1. The van der Waals surface area contributed by atoms with Crippen molar-refractivity contribution < 1.29 is 24.5 Å². The van der Waals surface area contributed by atoms with Crippen molar-refractivity contribution in [2.45, 2.75) is 32.4 Å². The summed E-state index contributed by atoms with van der Waals surface area (Å²) in [6.07, 6.45) is -0.0284. The highest BCUT2D eigenvalue weighted by Gasteiger charge is 2.21. The quantitative estimate of drug-likeness (QED) is 0.484. The number of ether oxygens (including phenoxy) is 1. The predicted molar refractivity (Wildman–Crippen MR) is 65.3 cm³/mol. The third-order valence-corrected chi connectivity index (χ3v) is 2.49. The lowest BCUT2D eigenvalue weighted by atomic mass is 10.1. The van der Waals surface area contributed by atoms with Crippen molar-refractivity contribution >= 4 is 12.0 Å². The van der Waals surface area contributed by atoms with E-state index in [0.29, 0.717) is 6.61 Å². The highest BCUT2D eigenvalue weighted by atomic mass is 16.5. The molecule has 0 rings (SSSR count). The van der Waals surface area contributed by atoms with Crippen LogP contribution in [0.4, 0.5) is 4.79 Å². The summed E-state index contributed by atoms with van der Waals surface area (Å²) < 4.78 is 4.97. The van der Waals surface area contributed by atoms with Crippen LogP contribution in [0.3, 0.4) is 0 Å². The lowest BCUT2D eigenvalue weighted by Crippen LogP contribution is -2.51. The first kappa shape index (κ1) is 16.7. The van der Waals surface area contributed by atoms with Crippen LogP contribution in [0.5, 0.6) is 0 Å². The fraction of sp³-hybridized carbons (Fsp3) is 0.818. The summed E-state index contributed by atoms with van der Waals surface area (Å²) in [6.45, 7) is 3.89. The maximum atomic E-state index is 11.6. The van der Waals surface area contributed by atoms with Gasteiger partial charge >= 0.3 is 12.0 Å². The van der Waals surface area contributed by atoms with Gasteiger partial charge in [-0.3, -0.25) is 0 Å². The molecule has 0 aliphatic heterocycles. The lowest BCUT2D eigenvalue weighted by Gasteiger charge is -2.23.